The van der Waals surface area contributed by atoms with Crippen LogP contribution in [0.25, 0.3) is 0 Å². The molecule has 0 saturated carbocycles. The molecule has 0 aliphatic heterocycles. The Morgan fingerprint density at radius 1 is 1.67 bits per heavy atom. The number of allylic oxidation sites excluding steroid dienone is 2. The van der Waals surface area contributed by atoms with Gasteiger partial charge < -0.3 is 9.79 Å². The molecule has 9 heavy (non-hydrogen) atoms. The van der Waals surface area contributed by atoms with Gasteiger partial charge in [0.2, 0.25) is 0 Å². The van der Waals surface area contributed by atoms with Crippen LogP contribution in [0.4, 0.5) is 0 Å². The van der Waals surface area contributed by atoms with Crippen molar-refractivity contribution in [3.05, 3.63) is 24.8 Å². The van der Waals surface area contributed by atoms with Crippen LogP contribution >= 0.6 is 8.25 Å². The normalized spacial score (nSPS) is 7.56. The largest absolute Gasteiger partial charge is 0.326 e. The molecule has 0 aromatic heterocycles. The third-order valence-electron chi connectivity index (χ3n) is 0.348. The first kappa shape index (κ1) is 11.4. The van der Waals surface area contributed by atoms with Crippen LogP contribution in [-0.2, 0) is 4.57 Å². The standard InChI is InChI=1S/C5H8.H3O3P/c1-4-5(2)3;1-4(2)3/h4H,1-2H2,3H3;4H,(H2,1,2,3). The Bertz CT molecular complexity index is 115. The Hall–Kier alpha value is -0.370. The van der Waals surface area contributed by atoms with Gasteiger partial charge in [-0.25, -0.2) is 0 Å². The molecule has 0 unspecified atom stereocenters. The van der Waals surface area contributed by atoms with Gasteiger partial charge in [-0.05, 0) is 6.92 Å². The molecule has 0 saturated heterocycles. The van der Waals surface area contributed by atoms with Crippen molar-refractivity contribution in [1.29, 1.82) is 0 Å². The molecule has 0 aliphatic carbocycles. The summed E-state index contributed by atoms with van der Waals surface area (Å²) >= 11 is 0. The highest BCUT2D eigenvalue weighted by Gasteiger charge is 1.61. The van der Waals surface area contributed by atoms with Gasteiger partial charge in [0.1, 0.15) is 0 Å². The van der Waals surface area contributed by atoms with Gasteiger partial charge in [-0.15, -0.1) is 0 Å². The van der Waals surface area contributed by atoms with Gasteiger partial charge in [-0.1, -0.05) is 24.8 Å². The van der Waals surface area contributed by atoms with Crippen molar-refractivity contribution in [2.45, 2.75) is 6.92 Å². The molecular formula is C5H11O3P. The smallest absolute Gasteiger partial charge is 0.314 e. The lowest BCUT2D eigenvalue weighted by Gasteiger charge is -1.71. The van der Waals surface area contributed by atoms with Gasteiger partial charge in [0.25, 0.3) is 0 Å². The van der Waals surface area contributed by atoms with Crippen LogP contribution in [0.3, 0.4) is 0 Å². The lowest BCUT2D eigenvalue weighted by Crippen LogP contribution is -1.50. The maximum atomic E-state index is 8.74. The summed E-state index contributed by atoms with van der Waals surface area (Å²) in [6.45, 7) is 8.93. The highest BCUT2D eigenvalue weighted by Crippen LogP contribution is 1.98. The van der Waals surface area contributed by atoms with Gasteiger partial charge in [-0.3, -0.25) is 4.57 Å². The molecule has 0 aromatic carbocycles. The minimum Gasteiger partial charge on any atom is -0.326 e. The molecule has 54 valence electrons. The predicted octanol–water partition coefficient (Wildman–Crippen LogP) is 1.11. The van der Waals surface area contributed by atoms with Crippen LogP contribution in [0.2, 0.25) is 0 Å². The first-order chi connectivity index (χ1) is 4.00. The van der Waals surface area contributed by atoms with Gasteiger partial charge in [-0.2, -0.15) is 0 Å². The Kier molecular flexibility index (Phi) is 9.69. The molecule has 0 spiro atoms. The fraction of sp³-hybridized carbons (Fsp3) is 0.200. The summed E-state index contributed by atoms with van der Waals surface area (Å²) < 4.78 is 8.74. The minimum atomic E-state index is -3.13. The molecule has 0 rings (SSSR count). The molecular weight excluding hydrogens is 139 g/mol. The minimum absolute atomic E-state index is 1.02. The Morgan fingerprint density at radius 2 is 1.78 bits per heavy atom. The molecule has 0 heterocycles. The molecule has 0 atom stereocenters. The zero-order valence-corrected chi connectivity index (χ0v) is 6.29. The first-order valence-electron chi connectivity index (χ1n) is 2.20. The van der Waals surface area contributed by atoms with Crippen molar-refractivity contribution < 1.29 is 14.4 Å². The highest BCUT2D eigenvalue weighted by molar-refractivity contribution is 7.30. The highest BCUT2D eigenvalue weighted by atomic mass is 31.1. The molecule has 0 aromatic rings. The van der Waals surface area contributed by atoms with E-state index in [1.807, 2.05) is 6.92 Å². The number of hydrogen-bond donors (Lipinski definition) is 2. The molecule has 0 aliphatic rings. The van der Waals surface area contributed by atoms with Crippen LogP contribution in [0.1, 0.15) is 6.92 Å². The van der Waals surface area contributed by atoms with Gasteiger partial charge >= 0.3 is 8.25 Å². The fourth-order valence-corrected chi connectivity index (χ4v) is 0. The molecule has 4 heteroatoms. The summed E-state index contributed by atoms with van der Waals surface area (Å²) in [4.78, 5) is 14.3. The molecule has 2 N–H and O–H groups in total. The topological polar surface area (TPSA) is 57.5 Å². The second-order valence-corrected chi connectivity index (χ2v) is 1.90. The Morgan fingerprint density at radius 3 is 1.78 bits per heavy atom. The molecule has 0 fully saturated rings. The van der Waals surface area contributed by atoms with Crippen molar-refractivity contribution >= 4 is 8.25 Å². The van der Waals surface area contributed by atoms with Crippen LogP contribution in [0, 0.1) is 0 Å². The second-order valence-electron chi connectivity index (χ2n) is 1.33. The summed E-state index contributed by atoms with van der Waals surface area (Å²) in [6.07, 6.45) is 1.72. The Balaban J connectivity index is 0. The average Bonchev–Trinajstić information content (AvgIpc) is 1.65. The number of hydrogen-bond acceptors (Lipinski definition) is 1. The first-order valence-corrected chi connectivity index (χ1v) is 3.50. The average molecular weight is 150 g/mol. The lowest BCUT2D eigenvalue weighted by atomic mass is 10.4. The second kappa shape index (κ2) is 7.63. The van der Waals surface area contributed by atoms with Crippen molar-refractivity contribution in [3.63, 3.8) is 0 Å². The van der Waals surface area contributed by atoms with Crippen molar-refractivity contribution in [2.75, 3.05) is 0 Å². The van der Waals surface area contributed by atoms with E-state index >= 15 is 0 Å². The summed E-state index contributed by atoms with van der Waals surface area (Å²) in [5.74, 6) is 0. The van der Waals surface area contributed by atoms with Crippen LogP contribution in [0.5, 0.6) is 0 Å². The maximum Gasteiger partial charge on any atom is 0.314 e. The predicted molar refractivity (Wildman–Crippen MR) is 38.5 cm³/mol. The molecule has 3 nitrogen and oxygen atoms in total. The summed E-state index contributed by atoms with van der Waals surface area (Å²) in [6, 6.07) is 0. The quantitative estimate of drug-likeness (QED) is 0.434. The molecule has 0 bridgehead atoms. The fourth-order valence-electron chi connectivity index (χ4n) is 0. The lowest BCUT2D eigenvalue weighted by molar-refractivity contribution is 0.405. The van der Waals surface area contributed by atoms with E-state index in [4.69, 9.17) is 14.4 Å². The monoisotopic (exact) mass is 150 g/mol. The maximum absolute atomic E-state index is 8.74. The van der Waals surface area contributed by atoms with Crippen LogP contribution < -0.4 is 0 Å². The van der Waals surface area contributed by atoms with Crippen LogP contribution in [0.15, 0.2) is 24.8 Å². The van der Waals surface area contributed by atoms with Crippen molar-refractivity contribution in [2.24, 2.45) is 0 Å². The van der Waals surface area contributed by atoms with Gasteiger partial charge in [0.15, 0.2) is 0 Å². The van der Waals surface area contributed by atoms with E-state index in [2.05, 4.69) is 13.2 Å². The van der Waals surface area contributed by atoms with E-state index in [0.29, 0.717) is 0 Å². The van der Waals surface area contributed by atoms with E-state index in [-0.39, 0.29) is 0 Å². The van der Waals surface area contributed by atoms with Crippen molar-refractivity contribution in [1.82, 2.24) is 0 Å². The zero-order valence-electron chi connectivity index (χ0n) is 5.29. The van der Waals surface area contributed by atoms with Gasteiger partial charge in [0.05, 0.1) is 0 Å². The summed E-state index contributed by atoms with van der Waals surface area (Å²) in [7, 11) is -3.13. The third-order valence-corrected chi connectivity index (χ3v) is 0.348. The molecule has 0 radical (unpaired) electrons. The van der Waals surface area contributed by atoms with Crippen LogP contribution in [-0.4, -0.2) is 9.79 Å². The van der Waals surface area contributed by atoms with Crippen molar-refractivity contribution in [3.8, 4) is 0 Å². The molecule has 0 amide bonds. The zero-order chi connectivity index (χ0) is 7.86. The summed E-state index contributed by atoms with van der Waals surface area (Å²) in [5.41, 5.74) is 1.02. The van der Waals surface area contributed by atoms with Gasteiger partial charge in [0, 0.05) is 0 Å². The van der Waals surface area contributed by atoms with E-state index in [1.54, 1.807) is 6.08 Å². The summed E-state index contributed by atoms with van der Waals surface area (Å²) in [5, 5.41) is 0. The third kappa shape index (κ3) is 91.0. The van der Waals surface area contributed by atoms with E-state index < -0.39 is 8.25 Å². The Labute approximate surface area is 55.3 Å². The van der Waals surface area contributed by atoms with E-state index in [9.17, 15) is 0 Å². The number of rotatable bonds is 1. The van der Waals surface area contributed by atoms with E-state index in [0.717, 1.165) is 5.57 Å². The SMILES string of the molecule is C=CC(=C)C.O=[PH](O)O. The van der Waals surface area contributed by atoms with E-state index in [1.165, 1.54) is 0 Å².